The van der Waals surface area contributed by atoms with Gasteiger partial charge in [-0.15, -0.1) is 0 Å². The molecule has 2 aromatic rings. The van der Waals surface area contributed by atoms with Gasteiger partial charge in [-0.1, -0.05) is 13.0 Å². The number of amides is 1. The zero-order chi connectivity index (χ0) is 21.0. The number of benzene rings is 1. The van der Waals surface area contributed by atoms with E-state index in [4.69, 9.17) is 4.74 Å². The van der Waals surface area contributed by atoms with E-state index in [1.807, 2.05) is 19.1 Å². The molecule has 0 aliphatic carbocycles. The van der Waals surface area contributed by atoms with E-state index in [0.717, 1.165) is 5.69 Å². The Morgan fingerprint density at radius 2 is 2.00 bits per heavy atom. The molecule has 1 aromatic heterocycles. The highest BCUT2D eigenvalue weighted by atomic mass is 32.2. The van der Waals surface area contributed by atoms with Crippen molar-refractivity contribution in [1.82, 2.24) is 14.2 Å². The predicted molar refractivity (Wildman–Crippen MR) is 107 cm³/mol. The normalized spacial score (nSPS) is 16.3. The molecule has 0 spiro atoms. The molecule has 0 bridgehead atoms. The monoisotopic (exact) mass is 419 g/mol. The topological polar surface area (TPSA) is 100 Å². The smallest absolute Gasteiger partial charge is 0.257 e. The standard InChI is InChI=1S/C20H25N3O5S/c1-3-18(17-6-4-5-9-21-17)22(2)20(25)16-14-15(7-8-19(16)24)29(26,27)23-10-12-28-13-11-23/h4-9,14,18,24H,3,10-13H2,1-2H3. The average molecular weight is 420 g/mol. The van der Waals surface area contributed by atoms with Gasteiger partial charge in [0.25, 0.3) is 5.91 Å². The van der Waals surface area contributed by atoms with Crippen molar-refractivity contribution in [2.24, 2.45) is 0 Å². The average Bonchev–Trinajstić information content (AvgIpc) is 2.75. The van der Waals surface area contributed by atoms with Crippen molar-refractivity contribution in [3.8, 4) is 5.75 Å². The summed E-state index contributed by atoms with van der Waals surface area (Å²) in [4.78, 5) is 18.9. The fourth-order valence-corrected chi connectivity index (χ4v) is 4.80. The van der Waals surface area contributed by atoms with Crippen LogP contribution in [-0.2, 0) is 14.8 Å². The van der Waals surface area contributed by atoms with Crippen LogP contribution in [0, 0.1) is 0 Å². The summed E-state index contributed by atoms with van der Waals surface area (Å²) in [5, 5.41) is 10.3. The van der Waals surface area contributed by atoms with Gasteiger partial charge in [0.05, 0.1) is 35.4 Å². The Morgan fingerprint density at radius 3 is 2.62 bits per heavy atom. The molecular weight excluding hydrogens is 394 g/mol. The Labute approximate surface area is 170 Å². The second-order valence-electron chi connectivity index (χ2n) is 6.79. The number of ether oxygens (including phenoxy) is 1. The van der Waals surface area contributed by atoms with Crippen LogP contribution in [0.2, 0.25) is 0 Å². The lowest BCUT2D eigenvalue weighted by atomic mass is 10.1. The van der Waals surface area contributed by atoms with Crippen LogP contribution in [0.1, 0.15) is 35.4 Å². The zero-order valence-corrected chi connectivity index (χ0v) is 17.3. The van der Waals surface area contributed by atoms with Gasteiger partial charge in [0.15, 0.2) is 0 Å². The van der Waals surface area contributed by atoms with E-state index >= 15 is 0 Å². The van der Waals surface area contributed by atoms with Gasteiger partial charge < -0.3 is 14.7 Å². The molecule has 1 fully saturated rings. The quantitative estimate of drug-likeness (QED) is 0.769. The Balaban J connectivity index is 1.92. The molecule has 1 aliphatic heterocycles. The molecule has 2 heterocycles. The van der Waals surface area contributed by atoms with Gasteiger partial charge in [-0.05, 0) is 36.8 Å². The van der Waals surface area contributed by atoms with Gasteiger partial charge in [-0.25, -0.2) is 8.42 Å². The first-order valence-electron chi connectivity index (χ1n) is 9.45. The van der Waals surface area contributed by atoms with Crippen LogP contribution in [0.5, 0.6) is 5.75 Å². The summed E-state index contributed by atoms with van der Waals surface area (Å²) in [6.45, 7) is 3.10. The molecule has 1 saturated heterocycles. The van der Waals surface area contributed by atoms with Crippen molar-refractivity contribution in [2.75, 3.05) is 33.4 Å². The van der Waals surface area contributed by atoms with Gasteiger partial charge in [-0.2, -0.15) is 4.31 Å². The molecular formula is C20H25N3O5S. The second kappa shape index (κ2) is 8.89. The van der Waals surface area contributed by atoms with Crippen LogP contribution < -0.4 is 0 Å². The lowest BCUT2D eigenvalue weighted by Crippen LogP contribution is -2.40. The molecule has 0 radical (unpaired) electrons. The van der Waals surface area contributed by atoms with Gasteiger partial charge in [-0.3, -0.25) is 9.78 Å². The van der Waals surface area contributed by atoms with Crippen LogP contribution in [0.15, 0.2) is 47.5 Å². The molecule has 1 unspecified atom stereocenters. The van der Waals surface area contributed by atoms with Crippen LogP contribution in [0.25, 0.3) is 0 Å². The third kappa shape index (κ3) is 4.42. The fraction of sp³-hybridized carbons (Fsp3) is 0.400. The zero-order valence-electron chi connectivity index (χ0n) is 16.5. The maximum atomic E-state index is 13.1. The third-order valence-electron chi connectivity index (χ3n) is 5.01. The highest BCUT2D eigenvalue weighted by Crippen LogP contribution is 2.28. The molecule has 1 amide bonds. The van der Waals surface area contributed by atoms with E-state index in [1.54, 1.807) is 19.3 Å². The maximum absolute atomic E-state index is 13.1. The number of sulfonamides is 1. The molecule has 29 heavy (non-hydrogen) atoms. The van der Waals surface area contributed by atoms with E-state index in [2.05, 4.69) is 4.98 Å². The fourth-order valence-electron chi connectivity index (χ4n) is 3.37. The van der Waals surface area contributed by atoms with Gasteiger partial charge in [0, 0.05) is 26.3 Å². The highest BCUT2D eigenvalue weighted by Gasteiger charge is 2.29. The molecule has 1 aliphatic rings. The highest BCUT2D eigenvalue weighted by molar-refractivity contribution is 7.89. The summed E-state index contributed by atoms with van der Waals surface area (Å²) in [6.07, 6.45) is 2.27. The summed E-state index contributed by atoms with van der Waals surface area (Å²) in [7, 11) is -2.16. The predicted octanol–water partition coefficient (Wildman–Crippen LogP) is 2.03. The van der Waals surface area contributed by atoms with Crippen LogP contribution in [-0.4, -0.2) is 67.0 Å². The number of rotatable bonds is 6. The van der Waals surface area contributed by atoms with Crippen molar-refractivity contribution in [2.45, 2.75) is 24.3 Å². The van der Waals surface area contributed by atoms with Crippen molar-refractivity contribution in [1.29, 1.82) is 0 Å². The Hall–Kier alpha value is -2.49. The minimum Gasteiger partial charge on any atom is -0.507 e. The number of pyridine rings is 1. The Bertz CT molecular complexity index is 959. The minimum atomic E-state index is -3.78. The minimum absolute atomic E-state index is 0.0279. The van der Waals surface area contributed by atoms with Crippen LogP contribution in [0.4, 0.5) is 0 Å². The molecule has 156 valence electrons. The summed E-state index contributed by atoms with van der Waals surface area (Å²) < 4.78 is 32.4. The number of nitrogens with zero attached hydrogens (tertiary/aromatic N) is 3. The number of carbonyl (C=O) groups excluding carboxylic acids is 1. The molecule has 1 aromatic carbocycles. The molecule has 0 saturated carbocycles. The number of hydrogen-bond donors (Lipinski definition) is 1. The Kier molecular flexibility index (Phi) is 6.51. The number of aromatic hydroxyl groups is 1. The van der Waals surface area contributed by atoms with Gasteiger partial charge in [0.2, 0.25) is 10.0 Å². The van der Waals surface area contributed by atoms with Crippen molar-refractivity contribution in [3.05, 3.63) is 53.9 Å². The van der Waals surface area contributed by atoms with Crippen molar-refractivity contribution < 1.29 is 23.1 Å². The number of aromatic nitrogens is 1. The van der Waals surface area contributed by atoms with Crippen LogP contribution in [0.3, 0.4) is 0 Å². The number of phenols is 1. The number of phenolic OH excluding ortho intramolecular Hbond substituents is 1. The maximum Gasteiger partial charge on any atom is 0.257 e. The van der Waals surface area contributed by atoms with E-state index in [1.165, 1.54) is 27.4 Å². The summed E-state index contributed by atoms with van der Waals surface area (Å²) in [6, 6.07) is 8.97. The first-order valence-corrected chi connectivity index (χ1v) is 10.9. The largest absolute Gasteiger partial charge is 0.507 e. The third-order valence-corrected chi connectivity index (χ3v) is 6.90. The molecule has 9 heteroatoms. The summed E-state index contributed by atoms with van der Waals surface area (Å²) >= 11 is 0. The van der Waals surface area contributed by atoms with Gasteiger partial charge >= 0.3 is 0 Å². The van der Waals surface area contributed by atoms with E-state index in [-0.39, 0.29) is 35.3 Å². The van der Waals surface area contributed by atoms with E-state index in [9.17, 15) is 18.3 Å². The molecule has 3 rings (SSSR count). The number of carbonyl (C=O) groups is 1. The van der Waals surface area contributed by atoms with Crippen LogP contribution >= 0.6 is 0 Å². The van der Waals surface area contributed by atoms with Crippen molar-refractivity contribution >= 4 is 15.9 Å². The first kappa shape index (κ1) is 21.2. The number of morpholine rings is 1. The lowest BCUT2D eigenvalue weighted by Gasteiger charge is -2.28. The Morgan fingerprint density at radius 1 is 1.28 bits per heavy atom. The van der Waals surface area contributed by atoms with E-state index in [0.29, 0.717) is 19.6 Å². The molecule has 8 nitrogen and oxygen atoms in total. The van der Waals surface area contributed by atoms with Gasteiger partial charge in [0.1, 0.15) is 5.75 Å². The van der Waals surface area contributed by atoms with Crippen molar-refractivity contribution in [3.63, 3.8) is 0 Å². The number of hydrogen-bond acceptors (Lipinski definition) is 6. The van der Waals surface area contributed by atoms with E-state index < -0.39 is 15.9 Å². The second-order valence-corrected chi connectivity index (χ2v) is 8.73. The summed E-state index contributed by atoms with van der Waals surface area (Å²) in [5.74, 6) is -0.738. The summed E-state index contributed by atoms with van der Waals surface area (Å²) in [5.41, 5.74) is 0.665. The lowest BCUT2D eigenvalue weighted by molar-refractivity contribution is 0.0717. The molecule has 1 N–H and O–H groups in total. The first-order chi connectivity index (χ1) is 13.9. The SMILES string of the molecule is CCC(c1ccccn1)N(C)C(=O)c1cc(S(=O)(=O)N2CCOCC2)ccc1O. The molecule has 1 atom stereocenters.